The molecule has 2 N–H and O–H groups in total. The molecule has 2 heterocycles. The fourth-order valence-electron chi connectivity index (χ4n) is 2.82. The van der Waals surface area contributed by atoms with Gasteiger partial charge in [-0.3, -0.25) is 30.5 Å². The minimum absolute atomic E-state index is 0.0846. The van der Waals surface area contributed by atoms with Crippen LogP contribution in [-0.4, -0.2) is 24.9 Å². The molecule has 6 heteroatoms. The second kappa shape index (κ2) is 7.47. The molecule has 2 aromatic rings. The van der Waals surface area contributed by atoms with E-state index in [2.05, 4.69) is 10.9 Å². The van der Waals surface area contributed by atoms with E-state index in [0.29, 0.717) is 6.42 Å². The summed E-state index contributed by atoms with van der Waals surface area (Å²) in [6, 6.07) is 19.7. The molecule has 0 aliphatic carbocycles. The molecule has 0 unspecified atom stereocenters. The van der Waals surface area contributed by atoms with Crippen LogP contribution in [-0.2, 0) is 9.59 Å². The third-order valence-corrected chi connectivity index (χ3v) is 4.36. The van der Waals surface area contributed by atoms with Gasteiger partial charge in [-0.05, 0) is 38.1 Å². The summed E-state index contributed by atoms with van der Waals surface area (Å²) in [6.07, 6.45) is 0.592. The Morgan fingerprint density at radius 3 is 1.77 bits per heavy atom. The number of hydrogen-bond donors (Lipinski definition) is 2. The van der Waals surface area contributed by atoms with Crippen LogP contribution in [0.15, 0.2) is 60.7 Å². The summed E-state index contributed by atoms with van der Waals surface area (Å²) in [5, 5.41) is 3.75. The summed E-state index contributed by atoms with van der Waals surface area (Å²) in [5.41, 5.74) is 7.40. The Morgan fingerprint density at radius 1 is 0.808 bits per heavy atom. The zero-order chi connectivity index (χ0) is 18.6. The van der Waals surface area contributed by atoms with Gasteiger partial charge in [0.1, 0.15) is 0 Å². The SMILES string of the molecule is CC1(C)CN(c2ccccc2)NC1=O.O=C1CCN(c2ccccc2)N1. The normalized spacial score (nSPS) is 18.1. The smallest absolute Gasteiger partial charge is 0.246 e. The van der Waals surface area contributed by atoms with E-state index in [1.54, 1.807) is 0 Å². The van der Waals surface area contributed by atoms with E-state index in [0.717, 1.165) is 24.5 Å². The maximum Gasteiger partial charge on any atom is 0.246 e. The van der Waals surface area contributed by atoms with Crippen molar-refractivity contribution in [1.82, 2.24) is 10.9 Å². The molecule has 26 heavy (non-hydrogen) atoms. The summed E-state index contributed by atoms with van der Waals surface area (Å²) < 4.78 is 0. The second-order valence-corrected chi connectivity index (χ2v) is 7.02. The van der Waals surface area contributed by atoms with Crippen molar-refractivity contribution in [3.05, 3.63) is 60.7 Å². The van der Waals surface area contributed by atoms with Crippen molar-refractivity contribution >= 4 is 23.2 Å². The number of carbonyl (C=O) groups is 2. The van der Waals surface area contributed by atoms with E-state index < -0.39 is 0 Å². The van der Waals surface area contributed by atoms with Gasteiger partial charge in [0.05, 0.1) is 23.3 Å². The summed E-state index contributed by atoms with van der Waals surface area (Å²) in [5.74, 6) is 0.181. The Labute approximate surface area is 153 Å². The molecule has 2 saturated heterocycles. The zero-order valence-corrected chi connectivity index (χ0v) is 15.1. The fourth-order valence-corrected chi connectivity index (χ4v) is 2.82. The third kappa shape index (κ3) is 4.14. The lowest BCUT2D eigenvalue weighted by molar-refractivity contribution is -0.125. The first-order valence-electron chi connectivity index (χ1n) is 8.71. The molecule has 2 aromatic carbocycles. The molecule has 6 nitrogen and oxygen atoms in total. The number of carbonyl (C=O) groups excluding carboxylic acids is 2. The van der Waals surface area contributed by atoms with Gasteiger partial charge in [0, 0.05) is 13.0 Å². The topological polar surface area (TPSA) is 64.7 Å². The van der Waals surface area contributed by atoms with Crippen molar-refractivity contribution < 1.29 is 9.59 Å². The van der Waals surface area contributed by atoms with E-state index in [1.807, 2.05) is 84.5 Å². The minimum atomic E-state index is -0.296. The molecule has 4 rings (SSSR count). The molecule has 136 valence electrons. The van der Waals surface area contributed by atoms with Gasteiger partial charge in [-0.1, -0.05) is 36.4 Å². The Hall–Kier alpha value is -3.02. The Kier molecular flexibility index (Phi) is 5.11. The molecule has 2 aliphatic heterocycles. The average molecular weight is 352 g/mol. The molecule has 2 aliphatic rings. The predicted octanol–water partition coefficient (Wildman–Crippen LogP) is 2.49. The number of nitrogens with one attached hydrogen (secondary N) is 2. The maximum atomic E-state index is 11.5. The van der Waals surface area contributed by atoms with Crippen molar-refractivity contribution in [2.45, 2.75) is 20.3 Å². The number of hydrogen-bond acceptors (Lipinski definition) is 4. The van der Waals surface area contributed by atoms with Crippen LogP contribution in [0, 0.1) is 5.41 Å². The summed E-state index contributed by atoms with van der Waals surface area (Å²) in [7, 11) is 0. The Balaban J connectivity index is 0.000000152. The second-order valence-electron chi connectivity index (χ2n) is 7.02. The highest BCUT2D eigenvalue weighted by Gasteiger charge is 2.37. The molecule has 2 amide bonds. The van der Waals surface area contributed by atoms with E-state index in [1.165, 1.54) is 0 Å². The van der Waals surface area contributed by atoms with Gasteiger partial charge in [-0.2, -0.15) is 0 Å². The lowest BCUT2D eigenvalue weighted by Gasteiger charge is -2.18. The van der Waals surface area contributed by atoms with E-state index in [9.17, 15) is 9.59 Å². The molecule has 0 atom stereocenters. The largest absolute Gasteiger partial charge is 0.285 e. The van der Waals surface area contributed by atoms with Crippen molar-refractivity contribution in [1.29, 1.82) is 0 Å². The van der Waals surface area contributed by atoms with Gasteiger partial charge < -0.3 is 0 Å². The van der Waals surface area contributed by atoms with Crippen molar-refractivity contribution in [2.24, 2.45) is 5.41 Å². The molecule has 0 spiro atoms. The third-order valence-electron chi connectivity index (χ3n) is 4.36. The van der Waals surface area contributed by atoms with Crippen molar-refractivity contribution in [3.8, 4) is 0 Å². The van der Waals surface area contributed by atoms with Gasteiger partial charge in [0.15, 0.2) is 0 Å². The van der Waals surface area contributed by atoms with E-state index >= 15 is 0 Å². The Morgan fingerprint density at radius 2 is 1.35 bits per heavy atom. The Bertz CT molecular complexity index is 762. The molecule has 0 radical (unpaired) electrons. The zero-order valence-electron chi connectivity index (χ0n) is 15.1. The average Bonchev–Trinajstić information content (AvgIpc) is 3.20. The number of nitrogens with zero attached hydrogens (tertiary/aromatic N) is 2. The van der Waals surface area contributed by atoms with Crippen molar-refractivity contribution in [2.75, 3.05) is 23.1 Å². The number of anilines is 2. The highest BCUT2D eigenvalue weighted by atomic mass is 16.2. The predicted molar refractivity (Wildman–Crippen MR) is 102 cm³/mol. The van der Waals surface area contributed by atoms with Crippen LogP contribution in [0.5, 0.6) is 0 Å². The molecule has 0 bridgehead atoms. The standard InChI is InChI=1S/C11H14N2O.C9H10N2O/c1-11(2)8-13(12-10(11)14)9-6-4-3-5-7-9;12-9-6-7-11(10-9)8-4-2-1-3-5-8/h3-7H,8H2,1-2H3,(H,12,14);1-5H,6-7H2,(H,10,12). The highest BCUT2D eigenvalue weighted by molar-refractivity contribution is 5.87. The van der Waals surface area contributed by atoms with Gasteiger partial charge in [-0.15, -0.1) is 0 Å². The summed E-state index contributed by atoms with van der Waals surface area (Å²) in [4.78, 5) is 22.4. The fraction of sp³-hybridized carbons (Fsp3) is 0.300. The quantitative estimate of drug-likeness (QED) is 0.872. The number of amides is 2. The first-order valence-corrected chi connectivity index (χ1v) is 8.71. The molecular formula is C20H24N4O2. The maximum absolute atomic E-state index is 11.5. The van der Waals surface area contributed by atoms with Crippen LogP contribution in [0.3, 0.4) is 0 Å². The lowest BCUT2D eigenvalue weighted by atomic mass is 9.94. The van der Waals surface area contributed by atoms with Gasteiger partial charge in [0.25, 0.3) is 0 Å². The van der Waals surface area contributed by atoms with Crippen LogP contribution < -0.4 is 20.9 Å². The highest BCUT2D eigenvalue weighted by Crippen LogP contribution is 2.26. The van der Waals surface area contributed by atoms with Crippen LogP contribution in [0.4, 0.5) is 11.4 Å². The number of hydrazine groups is 2. The molecular weight excluding hydrogens is 328 g/mol. The van der Waals surface area contributed by atoms with E-state index in [4.69, 9.17) is 0 Å². The summed E-state index contributed by atoms with van der Waals surface area (Å²) in [6.45, 7) is 5.38. The summed E-state index contributed by atoms with van der Waals surface area (Å²) >= 11 is 0. The van der Waals surface area contributed by atoms with Gasteiger partial charge >= 0.3 is 0 Å². The number of benzene rings is 2. The monoisotopic (exact) mass is 352 g/mol. The van der Waals surface area contributed by atoms with Crippen molar-refractivity contribution in [3.63, 3.8) is 0 Å². The lowest BCUT2D eigenvalue weighted by Crippen LogP contribution is -2.33. The van der Waals surface area contributed by atoms with Crippen LogP contribution >= 0.6 is 0 Å². The van der Waals surface area contributed by atoms with E-state index in [-0.39, 0.29) is 17.2 Å². The van der Waals surface area contributed by atoms with Crippen LogP contribution in [0.25, 0.3) is 0 Å². The first kappa shape index (κ1) is 17.8. The van der Waals surface area contributed by atoms with Crippen LogP contribution in [0.2, 0.25) is 0 Å². The minimum Gasteiger partial charge on any atom is -0.285 e. The molecule has 0 saturated carbocycles. The number of para-hydroxylation sites is 2. The first-order chi connectivity index (χ1) is 12.5. The molecule has 0 aromatic heterocycles. The van der Waals surface area contributed by atoms with Crippen LogP contribution in [0.1, 0.15) is 20.3 Å². The molecule has 2 fully saturated rings. The van der Waals surface area contributed by atoms with Gasteiger partial charge in [-0.25, -0.2) is 0 Å². The number of rotatable bonds is 2. The van der Waals surface area contributed by atoms with Gasteiger partial charge in [0.2, 0.25) is 11.8 Å².